The van der Waals surface area contributed by atoms with E-state index in [0.29, 0.717) is 6.42 Å². The lowest BCUT2D eigenvalue weighted by Crippen LogP contribution is -2.44. The van der Waals surface area contributed by atoms with E-state index in [1.165, 1.54) is 38.5 Å². The fraction of sp³-hybridized carbons (Fsp3) is 0.810. The van der Waals surface area contributed by atoms with Crippen LogP contribution in [0.1, 0.15) is 96.8 Å². The molecule has 0 unspecified atom stereocenters. The second-order valence-electron chi connectivity index (χ2n) is 7.54. The molecule has 1 atom stereocenters. The molecule has 0 fully saturated rings. The predicted molar refractivity (Wildman–Crippen MR) is 113 cm³/mol. The molecule has 0 aromatic carbocycles. The van der Waals surface area contributed by atoms with Gasteiger partial charge >= 0.3 is 5.97 Å². The van der Waals surface area contributed by atoms with Crippen LogP contribution in [-0.4, -0.2) is 29.6 Å². The minimum Gasteiger partial charge on any atom is -0.790 e. The predicted octanol–water partition coefficient (Wildman–Crippen LogP) is 3.44. The number of phosphoric ester groups is 1. The minimum absolute atomic E-state index is 0.147. The van der Waals surface area contributed by atoms with E-state index in [4.69, 9.17) is 5.11 Å². The molecule has 0 spiro atoms. The van der Waals surface area contributed by atoms with Crippen molar-refractivity contribution >= 4 is 19.7 Å². The Morgan fingerprint density at radius 1 is 0.933 bits per heavy atom. The van der Waals surface area contributed by atoms with Crippen LogP contribution in [0, 0.1) is 0 Å². The van der Waals surface area contributed by atoms with Crippen LogP contribution in [0.25, 0.3) is 0 Å². The third kappa shape index (κ3) is 20.1. The SMILES string of the molecule is CCCCCCCC/C=C\CCCCCCCC(=O)N[C@@H](COP(=O)([O-])[O-])C(=O)O. The lowest BCUT2D eigenvalue weighted by atomic mass is 10.1. The van der Waals surface area contributed by atoms with Crippen molar-refractivity contribution in [2.45, 2.75) is 103 Å². The van der Waals surface area contributed by atoms with Crippen molar-refractivity contribution in [2.75, 3.05) is 6.61 Å². The maximum absolute atomic E-state index is 11.8. The van der Waals surface area contributed by atoms with Gasteiger partial charge in [-0.25, -0.2) is 4.79 Å². The van der Waals surface area contributed by atoms with Gasteiger partial charge in [0.1, 0.15) is 0 Å². The van der Waals surface area contributed by atoms with Crippen LogP contribution in [0.4, 0.5) is 0 Å². The highest BCUT2D eigenvalue weighted by Crippen LogP contribution is 2.24. The monoisotopic (exact) mass is 447 g/mol. The van der Waals surface area contributed by atoms with E-state index >= 15 is 0 Å². The second kappa shape index (κ2) is 18.6. The molecule has 0 aliphatic carbocycles. The Balaban J connectivity index is 3.62. The van der Waals surface area contributed by atoms with Gasteiger partial charge in [-0.2, -0.15) is 0 Å². The highest BCUT2D eigenvalue weighted by Gasteiger charge is 2.20. The number of hydrogen-bond acceptors (Lipinski definition) is 6. The molecule has 2 N–H and O–H groups in total. The molecule has 0 aliphatic heterocycles. The van der Waals surface area contributed by atoms with Crippen LogP contribution in [-0.2, 0) is 18.7 Å². The van der Waals surface area contributed by atoms with E-state index < -0.39 is 32.3 Å². The van der Waals surface area contributed by atoms with Gasteiger partial charge in [0.15, 0.2) is 6.04 Å². The summed E-state index contributed by atoms with van der Waals surface area (Å²) < 4.78 is 14.3. The Kier molecular flexibility index (Phi) is 17.8. The second-order valence-corrected chi connectivity index (χ2v) is 8.69. The maximum Gasteiger partial charge on any atom is 0.328 e. The average molecular weight is 448 g/mol. The van der Waals surface area contributed by atoms with Crippen LogP contribution < -0.4 is 15.1 Å². The van der Waals surface area contributed by atoms with E-state index in [1.807, 2.05) is 0 Å². The lowest BCUT2D eigenvalue weighted by Gasteiger charge is -2.29. The Hall–Kier alpha value is -1.21. The molecule has 0 heterocycles. The number of carbonyl (C=O) groups is 2. The van der Waals surface area contributed by atoms with Crippen LogP contribution in [0.5, 0.6) is 0 Å². The van der Waals surface area contributed by atoms with Gasteiger partial charge in [-0.05, 0) is 32.1 Å². The topological polar surface area (TPSA) is 139 Å². The number of allylic oxidation sites excluding steroid dienone is 2. The van der Waals surface area contributed by atoms with Gasteiger partial charge in [-0.1, -0.05) is 70.4 Å². The zero-order valence-corrected chi connectivity index (χ0v) is 19.1. The summed E-state index contributed by atoms with van der Waals surface area (Å²) in [6.45, 7) is 1.32. The van der Waals surface area contributed by atoms with E-state index in [1.54, 1.807) is 0 Å². The van der Waals surface area contributed by atoms with Crippen LogP contribution in [0.15, 0.2) is 12.2 Å². The normalized spacial score (nSPS) is 12.9. The summed E-state index contributed by atoms with van der Waals surface area (Å²) in [5.74, 6) is -1.96. The number of hydrogen-bond donors (Lipinski definition) is 2. The fourth-order valence-electron chi connectivity index (χ4n) is 2.96. The van der Waals surface area contributed by atoms with Crippen molar-refractivity contribution in [1.82, 2.24) is 5.32 Å². The van der Waals surface area contributed by atoms with E-state index in [2.05, 4.69) is 28.9 Å². The minimum atomic E-state index is -5.28. The number of amides is 1. The number of rotatable bonds is 20. The van der Waals surface area contributed by atoms with Crippen molar-refractivity contribution in [2.24, 2.45) is 0 Å². The molecular weight excluding hydrogens is 409 g/mol. The zero-order chi connectivity index (χ0) is 22.7. The molecule has 9 heteroatoms. The Morgan fingerprint density at radius 3 is 1.93 bits per heavy atom. The molecule has 0 aromatic rings. The first-order chi connectivity index (χ1) is 14.3. The van der Waals surface area contributed by atoms with Gasteiger partial charge in [0.2, 0.25) is 5.91 Å². The summed E-state index contributed by atoms with van der Waals surface area (Å²) in [6, 6.07) is -1.56. The Labute approximate surface area is 180 Å². The van der Waals surface area contributed by atoms with Gasteiger partial charge in [0.05, 0.1) is 14.4 Å². The van der Waals surface area contributed by atoms with Gasteiger partial charge in [0, 0.05) is 6.42 Å². The Morgan fingerprint density at radius 2 is 1.43 bits per heavy atom. The number of phosphoric acid groups is 1. The molecule has 1 amide bonds. The lowest BCUT2D eigenvalue weighted by molar-refractivity contribution is -0.341. The van der Waals surface area contributed by atoms with Crippen LogP contribution in [0.2, 0.25) is 0 Å². The summed E-state index contributed by atoms with van der Waals surface area (Å²) in [5, 5.41) is 11.1. The van der Waals surface area contributed by atoms with E-state index in [-0.39, 0.29) is 6.42 Å². The molecule has 8 nitrogen and oxygen atoms in total. The molecule has 0 rings (SSSR count). The highest BCUT2D eigenvalue weighted by atomic mass is 31.2. The number of carbonyl (C=O) groups excluding carboxylic acids is 1. The molecule has 30 heavy (non-hydrogen) atoms. The van der Waals surface area contributed by atoms with Crippen molar-refractivity contribution in [3.63, 3.8) is 0 Å². The van der Waals surface area contributed by atoms with Gasteiger partial charge < -0.3 is 29.3 Å². The smallest absolute Gasteiger partial charge is 0.328 e. The molecule has 0 radical (unpaired) electrons. The first-order valence-corrected chi connectivity index (χ1v) is 12.6. The van der Waals surface area contributed by atoms with Gasteiger partial charge in [-0.15, -0.1) is 0 Å². The number of carboxylic acid groups (broad SMARTS) is 1. The standard InChI is InChI=1S/C21H40NO7P/c1-2-3-4-5-6-7-8-9-10-11-12-13-14-15-16-17-20(23)22-19(21(24)25)18-29-30(26,27)28/h9-10,19H,2-8,11-18H2,1H3,(H,22,23)(H,24,25)(H2,26,27,28)/p-2/b10-9-/t19-/m0/s1. The quantitative estimate of drug-likeness (QED) is 0.166. The number of aliphatic carboxylic acids is 1. The van der Waals surface area contributed by atoms with Crippen LogP contribution in [0.3, 0.4) is 0 Å². The molecule has 0 aliphatic rings. The summed E-state index contributed by atoms with van der Waals surface area (Å²) in [5.41, 5.74) is 0. The van der Waals surface area contributed by atoms with Gasteiger partial charge in [0.25, 0.3) is 0 Å². The van der Waals surface area contributed by atoms with Crippen molar-refractivity contribution in [1.29, 1.82) is 0 Å². The Bertz CT molecular complexity index is 533. The van der Waals surface area contributed by atoms with Gasteiger partial charge in [-0.3, -0.25) is 4.79 Å². The molecule has 0 aromatic heterocycles. The molecule has 0 saturated heterocycles. The summed E-state index contributed by atoms with van der Waals surface area (Å²) in [6.07, 6.45) is 19.5. The number of unbranched alkanes of at least 4 members (excludes halogenated alkanes) is 11. The summed E-state index contributed by atoms with van der Waals surface area (Å²) in [4.78, 5) is 43.5. The third-order valence-electron chi connectivity index (χ3n) is 4.70. The maximum atomic E-state index is 11.8. The first-order valence-electron chi connectivity index (χ1n) is 11.1. The third-order valence-corrected chi connectivity index (χ3v) is 5.16. The summed E-state index contributed by atoms with van der Waals surface area (Å²) >= 11 is 0. The fourth-order valence-corrected chi connectivity index (χ4v) is 3.29. The first kappa shape index (κ1) is 28.8. The van der Waals surface area contributed by atoms with E-state index in [0.717, 1.165) is 38.5 Å². The highest BCUT2D eigenvalue weighted by molar-refractivity contribution is 7.43. The van der Waals surface area contributed by atoms with Crippen molar-refractivity contribution < 1.29 is 33.6 Å². The number of carboxylic acids is 1. The largest absolute Gasteiger partial charge is 0.790 e. The zero-order valence-electron chi connectivity index (χ0n) is 18.2. The molecule has 0 saturated carbocycles. The number of nitrogens with one attached hydrogen (secondary N) is 1. The summed E-state index contributed by atoms with van der Waals surface area (Å²) in [7, 11) is -5.28. The molecule has 176 valence electrons. The van der Waals surface area contributed by atoms with Crippen molar-refractivity contribution in [3.05, 3.63) is 12.2 Å². The molecular formula is C21H38NO7P-2. The van der Waals surface area contributed by atoms with Crippen LogP contribution >= 0.6 is 7.82 Å². The molecule has 0 bridgehead atoms. The average Bonchev–Trinajstić information content (AvgIpc) is 2.67. The van der Waals surface area contributed by atoms with E-state index in [9.17, 15) is 23.9 Å². The van der Waals surface area contributed by atoms with Crippen molar-refractivity contribution in [3.8, 4) is 0 Å².